The van der Waals surface area contributed by atoms with Crippen LogP contribution in [-0.2, 0) is 6.54 Å². The van der Waals surface area contributed by atoms with Crippen molar-refractivity contribution in [1.82, 2.24) is 5.32 Å². The summed E-state index contributed by atoms with van der Waals surface area (Å²) in [5.41, 5.74) is 2.93. The van der Waals surface area contributed by atoms with Crippen LogP contribution in [0.3, 0.4) is 0 Å². The third-order valence-electron chi connectivity index (χ3n) is 3.05. The Hall–Kier alpha value is -2.14. The molecule has 0 fully saturated rings. The number of thiocarbonyl (C=S) groups is 1. The van der Waals surface area contributed by atoms with E-state index >= 15 is 0 Å². The summed E-state index contributed by atoms with van der Waals surface area (Å²) < 4.78 is 18.0. The molecular formula is C16H17FN2OS. The van der Waals surface area contributed by atoms with Crippen LogP contribution in [0.2, 0.25) is 0 Å². The van der Waals surface area contributed by atoms with Gasteiger partial charge < -0.3 is 15.4 Å². The first-order valence-electron chi connectivity index (χ1n) is 6.52. The summed E-state index contributed by atoms with van der Waals surface area (Å²) in [6, 6.07) is 12.0. The third-order valence-corrected chi connectivity index (χ3v) is 3.29. The average Bonchev–Trinajstić information content (AvgIpc) is 2.48. The SMILES string of the molecule is COc1ccc(NC(=S)NCc2ccc(F)cc2)c(C)c1. The molecule has 0 unspecified atom stereocenters. The van der Waals surface area contributed by atoms with Crippen LogP contribution in [0.5, 0.6) is 5.75 Å². The van der Waals surface area contributed by atoms with E-state index in [2.05, 4.69) is 10.6 Å². The van der Waals surface area contributed by atoms with Crippen molar-refractivity contribution in [3.63, 3.8) is 0 Å². The minimum absolute atomic E-state index is 0.242. The quantitative estimate of drug-likeness (QED) is 0.845. The smallest absolute Gasteiger partial charge is 0.171 e. The number of benzene rings is 2. The topological polar surface area (TPSA) is 33.3 Å². The Morgan fingerprint density at radius 1 is 1.19 bits per heavy atom. The van der Waals surface area contributed by atoms with Crippen LogP contribution in [-0.4, -0.2) is 12.2 Å². The van der Waals surface area contributed by atoms with E-state index < -0.39 is 0 Å². The van der Waals surface area contributed by atoms with Gasteiger partial charge in [-0.3, -0.25) is 0 Å². The van der Waals surface area contributed by atoms with Crippen molar-refractivity contribution in [2.75, 3.05) is 12.4 Å². The number of rotatable bonds is 4. The number of aryl methyl sites for hydroxylation is 1. The van der Waals surface area contributed by atoms with Gasteiger partial charge in [0, 0.05) is 12.2 Å². The molecule has 110 valence electrons. The van der Waals surface area contributed by atoms with E-state index in [-0.39, 0.29) is 5.82 Å². The molecule has 0 saturated heterocycles. The van der Waals surface area contributed by atoms with Crippen molar-refractivity contribution in [3.8, 4) is 5.75 Å². The zero-order chi connectivity index (χ0) is 15.2. The summed E-state index contributed by atoms with van der Waals surface area (Å²) in [6.07, 6.45) is 0. The van der Waals surface area contributed by atoms with Gasteiger partial charge in [-0.1, -0.05) is 12.1 Å². The zero-order valence-electron chi connectivity index (χ0n) is 11.9. The van der Waals surface area contributed by atoms with Crippen molar-refractivity contribution < 1.29 is 9.13 Å². The van der Waals surface area contributed by atoms with Gasteiger partial charge in [0.1, 0.15) is 11.6 Å². The fourth-order valence-electron chi connectivity index (χ4n) is 1.85. The maximum atomic E-state index is 12.8. The largest absolute Gasteiger partial charge is 0.497 e. The normalized spacial score (nSPS) is 10.0. The van der Waals surface area contributed by atoms with Crippen LogP contribution < -0.4 is 15.4 Å². The van der Waals surface area contributed by atoms with Crippen molar-refractivity contribution in [3.05, 3.63) is 59.4 Å². The molecule has 0 aliphatic heterocycles. The number of anilines is 1. The summed E-state index contributed by atoms with van der Waals surface area (Å²) in [7, 11) is 1.64. The van der Waals surface area contributed by atoms with Crippen LogP contribution in [0.15, 0.2) is 42.5 Å². The summed E-state index contributed by atoms with van der Waals surface area (Å²) in [4.78, 5) is 0. The zero-order valence-corrected chi connectivity index (χ0v) is 12.8. The second-order valence-corrected chi connectivity index (χ2v) is 5.02. The van der Waals surface area contributed by atoms with E-state index in [4.69, 9.17) is 17.0 Å². The van der Waals surface area contributed by atoms with Gasteiger partial charge >= 0.3 is 0 Å². The number of ether oxygens (including phenoxy) is 1. The fraction of sp³-hybridized carbons (Fsp3) is 0.188. The molecule has 0 saturated carbocycles. The molecule has 0 aliphatic rings. The summed E-state index contributed by atoms with van der Waals surface area (Å²) in [5.74, 6) is 0.566. The van der Waals surface area contributed by atoms with Crippen molar-refractivity contribution >= 4 is 23.0 Å². The molecule has 0 aromatic heterocycles. The van der Waals surface area contributed by atoms with E-state index in [1.165, 1.54) is 12.1 Å². The predicted molar refractivity (Wildman–Crippen MR) is 87.2 cm³/mol. The molecule has 0 spiro atoms. The fourth-order valence-corrected chi connectivity index (χ4v) is 2.04. The van der Waals surface area contributed by atoms with Gasteiger partial charge in [0.25, 0.3) is 0 Å². The van der Waals surface area contributed by atoms with Gasteiger partial charge in [-0.25, -0.2) is 4.39 Å². The Labute approximate surface area is 129 Å². The molecule has 0 radical (unpaired) electrons. The summed E-state index contributed by atoms with van der Waals surface area (Å²) in [5, 5.41) is 6.74. The third kappa shape index (κ3) is 4.43. The maximum Gasteiger partial charge on any atom is 0.171 e. The Bertz CT molecular complexity index is 629. The lowest BCUT2D eigenvalue weighted by molar-refractivity contribution is 0.414. The monoisotopic (exact) mass is 304 g/mol. The predicted octanol–water partition coefficient (Wildman–Crippen LogP) is 3.63. The molecular weight excluding hydrogens is 287 g/mol. The van der Waals surface area contributed by atoms with E-state index in [9.17, 15) is 4.39 Å². The molecule has 2 rings (SSSR count). The minimum atomic E-state index is -0.242. The molecule has 21 heavy (non-hydrogen) atoms. The first kappa shape index (κ1) is 15.3. The molecule has 5 heteroatoms. The van der Waals surface area contributed by atoms with Crippen LogP contribution in [0.4, 0.5) is 10.1 Å². The van der Waals surface area contributed by atoms with Crippen LogP contribution in [0.1, 0.15) is 11.1 Å². The molecule has 0 aliphatic carbocycles. The molecule has 0 bridgehead atoms. The molecule has 0 amide bonds. The van der Waals surface area contributed by atoms with Crippen LogP contribution >= 0.6 is 12.2 Å². The minimum Gasteiger partial charge on any atom is -0.497 e. The average molecular weight is 304 g/mol. The number of halogens is 1. The standard InChI is InChI=1S/C16H17FN2OS/c1-11-9-14(20-2)7-8-15(11)19-16(21)18-10-12-3-5-13(17)6-4-12/h3-9H,10H2,1-2H3,(H2,18,19,21). The van der Waals surface area contributed by atoms with E-state index in [0.29, 0.717) is 11.7 Å². The molecule has 3 nitrogen and oxygen atoms in total. The number of methoxy groups -OCH3 is 1. The second kappa shape index (κ2) is 7.04. The van der Waals surface area contributed by atoms with Crippen molar-refractivity contribution in [2.24, 2.45) is 0 Å². The lowest BCUT2D eigenvalue weighted by atomic mass is 10.2. The lowest BCUT2D eigenvalue weighted by Gasteiger charge is -2.13. The van der Waals surface area contributed by atoms with Gasteiger partial charge in [0.2, 0.25) is 0 Å². The first-order chi connectivity index (χ1) is 10.1. The number of hydrogen-bond donors (Lipinski definition) is 2. The molecule has 2 aromatic rings. The van der Waals surface area contributed by atoms with Crippen molar-refractivity contribution in [1.29, 1.82) is 0 Å². The van der Waals surface area contributed by atoms with E-state index in [0.717, 1.165) is 22.6 Å². The summed E-state index contributed by atoms with van der Waals surface area (Å²) >= 11 is 5.25. The Morgan fingerprint density at radius 2 is 1.90 bits per heavy atom. The Kier molecular flexibility index (Phi) is 5.11. The lowest BCUT2D eigenvalue weighted by Crippen LogP contribution is -2.28. The van der Waals surface area contributed by atoms with Crippen LogP contribution in [0.25, 0.3) is 0 Å². The maximum absolute atomic E-state index is 12.8. The first-order valence-corrected chi connectivity index (χ1v) is 6.93. The number of hydrogen-bond acceptors (Lipinski definition) is 2. The second-order valence-electron chi connectivity index (χ2n) is 4.61. The summed E-state index contributed by atoms with van der Waals surface area (Å²) in [6.45, 7) is 2.52. The molecule has 0 atom stereocenters. The van der Waals surface area contributed by atoms with E-state index in [1.54, 1.807) is 19.2 Å². The van der Waals surface area contributed by atoms with Gasteiger partial charge in [-0.05, 0) is 60.6 Å². The molecule has 2 aromatic carbocycles. The van der Waals surface area contributed by atoms with Crippen LogP contribution in [0, 0.1) is 12.7 Å². The Morgan fingerprint density at radius 3 is 2.52 bits per heavy atom. The highest BCUT2D eigenvalue weighted by atomic mass is 32.1. The van der Waals surface area contributed by atoms with Gasteiger partial charge in [0.15, 0.2) is 5.11 Å². The Balaban J connectivity index is 1.91. The molecule has 2 N–H and O–H groups in total. The number of nitrogens with one attached hydrogen (secondary N) is 2. The van der Waals surface area contributed by atoms with E-state index in [1.807, 2.05) is 25.1 Å². The molecule has 0 heterocycles. The highest BCUT2D eigenvalue weighted by Crippen LogP contribution is 2.20. The van der Waals surface area contributed by atoms with Crippen molar-refractivity contribution in [2.45, 2.75) is 13.5 Å². The van der Waals surface area contributed by atoms with Gasteiger partial charge in [0.05, 0.1) is 7.11 Å². The van der Waals surface area contributed by atoms with Gasteiger partial charge in [-0.15, -0.1) is 0 Å². The highest BCUT2D eigenvalue weighted by molar-refractivity contribution is 7.80. The van der Waals surface area contributed by atoms with Gasteiger partial charge in [-0.2, -0.15) is 0 Å². The highest BCUT2D eigenvalue weighted by Gasteiger charge is 2.03.